The third-order valence-electron chi connectivity index (χ3n) is 4.92. The van der Waals surface area contributed by atoms with Gasteiger partial charge in [0, 0.05) is 43.1 Å². The summed E-state index contributed by atoms with van der Waals surface area (Å²) in [6.07, 6.45) is 3.75. The van der Waals surface area contributed by atoms with Gasteiger partial charge >= 0.3 is 0 Å². The molecule has 4 heterocycles. The summed E-state index contributed by atoms with van der Waals surface area (Å²) in [6.45, 7) is 7.27. The highest BCUT2D eigenvalue weighted by atomic mass is 32.2. The molecular formula is C17H21N5OS. The number of carbonyl (C=O) groups is 1. The number of rotatable bonds is 2. The Labute approximate surface area is 146 Å². The van der Waals surface area contributed by atoms with E-state index in [1.165, 1.54) is 11.8 Å². The van der Waals surface area contributed by atoms with Gasteiger partial charge in [-0.05, 0) is 44.5 Å². The van der Waals surface area contributed by atoms with Crippen molar-refractivity contribution in [3.05, 3.63) is 34.4 Å². The van der Waals surface area contributed by atoms with Gasteiger partial charge in [-0.3, -0.25) is 9.79 Å². The molecule has 0 spiro atoms. The summed E-state index contributed by atoms with van der Waals surface area (Å²) in [6, 6.07) is 2.00. The molecule has 0 unspecified atom stereocenters. The third kappa shape index (κ3) is 2.70. The molecule has 1 saturated heterocycles. The van der Waals surface area contributed by atoms with Gasteiger partial charge in [-0.15, -0.1) is 0 Å². The van der Waals surface area contributed by atoms with E-state index in [0.29, 0.717) is 5.92 Å². The number of aliphatic imine (C=N–C) groups is 1. The van der Waals surface area contributed by atoms with E-state index in [0.717, 1.165) is 66.3 Å². The van der Waals surface area contributed by atoms with Crippen molar-refractivity contribution in [2.45, 2.75) is 32.6 Å². The molecule has 4 rings (SSSR count). The van der Waals surface area contributed by atoms with Gasteiger partial charge < -0.3 is 9.80 Å². The number of hydrogen-bond donors (Lipinski definition) is 0. The lowest BCUT2D eigenvalue weighted by Crippen LogP contribution is -2.38. The normalized spacial score (nSPS) is 21.3. The smallest absolute Gasteiger partial charge is 0.262 e. The summed E-state index contributed by atoms with van der Waals surface area (Å²) in [4.78, 5) is 31.1. The van der Waals surface area contributed by atoms with Gasteiger partial charge in [-0.25, -0.2) is 9.97 Å². The van der Waals surface area contributed by atoms with Crippen molar-refractivity contribution in [2.75, 3.05) is 26.2 Å². The highest BCUT2D eigenvalue weighted by Crippen LogP contribution is 2.38. The molecule has 3 aliphatic rings. The number of nitrogens with zero attached hydrogens (tertiary/aromatic N) is 5. The topological polar surface area (TPSA) is 61.7 Å². The molecule has 0 radical (unpaired) electrons. The van der Waals surface area contributed by atoms with Crippen molar-refractivity contribution in [3.63, 3.8) is 0 Å². The monoisotopic (exact) mass is 343 g/mol. The average Bonchev–Trinajstić information content (AvgIpc) is 3.18. The first-order valence-corrected chi connectivity index (χ1v) is 9.24. The van der Waals surface area contributed by atoms with Crippen molar-refractivity contribution in [1.29, 1.82) is 0 Å². The minimum atomic E-state index is 0.159. The van der Waals surface area contributed by atoms with Crippen molar-refractivity contribution in [2.24, 2.45) is 4.99 Å². The molecule has 0 atom stereocenters. The van der Waals surface area contributed by atoms with Gasteiger partial charge in [0.1, 0.15) is 5.82 Å². The van der Waals surface area contributed by atoms with Crippen molar-refractivity contribution in [3.8, 4) is 0 Å². The Morgan fingerprint density at radius 1 is 1.25 bits per heavy atom. The SMILES string of the molecule is CC1=C(C(=O)N2CCC(c3ccnc(C)n3)CC2)SC2=NCCN21. The summed E-state index contributed by atoms with van der Waals surface area (Å²) in [5.74, 6) is 1.40. The molecule has 0 saturated carbocycles. The summed E-state index contributed by atoms with van der Waals surface area (Å²) in [5.41, 5.74) is 2.17. The van der Waals surface area contributed by atoms with Crippen LogP contribution in [0.5, 0.6) is 0 Å². The van der Waals surface area contributed by atoms with Crippen LogP contribution in [0.3, 0.4) is 0 Å². The van der Waals surface area contributed by atoms with E-state index in [-0.39, 0.29) is 5.91 Å². The van der Waals surface area contributed by atoms with Gasteiger partial charge in [0.2, 0.25) is 0 Å². The number of likely N-dealkylation sites (tertiary alicyclic amines) is 1. The Morgan fingerprint density at radius 3 is 2.75 bits per heavy atom. The molecule has 1 fully saturated rings. The number of amides is 1. The van der Waals surface area contributed by atoms with E-state index in [2.05, 4.69) is 19.9 Å². The Morgan fingerprint density at radius 2 is 2.04 bits per heavy atom. The second kappa shape index (κ2) is 6.20. The Bertz CT molecular complexity index is 736. The molecule has 0 aliphatic carbocycles. The quantitative estimate of drug-likeness (QED) is 0.823. The minimum Gasteiger partial charge on any atom is -0.338 e. The second-order valence-corrected chi connectivity index (χ2v) is 7.41. The summed E-state index contributed by atoms with van der Waals surface area (Å²) >= 11 is 1.53. The van der Waals surface area contributed by atoms with Gasteiger partial charge in [-0.2, -0.15) is 0 Å². The lowest BCUT2D eigenvalue weighted by Gasteiger charge is -2.32. The van der Waals surface area contributed by atoms with Crippen LogP contribution in [-0.2, 0) is 4.79 Å². The van der Waals surface area contributed by atoms with Crippen LogP contribution in [0.2, 0.25) is 0 Å². The van der Waals surface area contributed by atoms with Gasteiger partial charge in [0.05, 0.1) is 11.4 Å². The van der Waals surface area contributed by atoms with Crippen LogP contribution < -0.4 is 0 Å². The number of carbonyl (C=O) groups excluding carboxylic acids is 1. The number of aromatic nitrogens is 2. The third-order valence-corrected chi connectivity index (χ3v) is 6.13. The number of allylic oxidation sites excluding steroid dienone is 1. The Balaban J connectivity index is 1.42. The van der Waals surface area contributed by atoms with Crippen LogP contribution in [0.15, 0.2) is 27.9 Å². The van der Waals surface area contributed by atoms with Crippen LogP contribution in [0.25, 0.3) is 0 Å². The number of piperidine rings is 1. The predicted molar refractivity (Wildman–Crippen MR) is 94.6 cm³/mol. The molecule has 1 aromatic rings. The number of hydrogen-bond acceptors (Lipinski definition) is 6. The Hall–Kier alpha value is -1.89. The van der Waals surface area contributed by atoms with Gasteiger partial charge in [0.25, 0.3) is 5.91 Å². The van der Waals surface area contributed by atoms with E-state index >= 15 is 0 Å². The number of fused-ring (bicyclic) bond motifs is 1. The molecule has 0 N–H and O–H groups in total. The van der Waals surface area contributed by atoms with Crippen LogP contribution in [-0.4, -0.2) is 57.0 Å². The summed E-state index contributed by atoms with van der Waals surface area (Å²) < 4.78 is 0. The summed E-state index contributed by atoms with van der Waals surface area (Å²) in [5, 5.41) is 0.988. The first-order valence-electron chi connectivity index (χ1n) is 8.43. The van der Waals surface area contributed by atoms with E-state index < -0.39 is 0 Å². The van der Waals surface area contributed by atoms with E-state index in [1.807, 2.05) is 31.0 Å². The first kappa shape index (κ1) is 15.6. The van der Waals surface area contributed by atoms with Gasteiger partial charge in [-0.1, -0.05) is 0 Å². The molecule has 6 nitrogen and oxygen atoms in total. The highest BCUT2D eigenvalue weighted by Gasteiger charge is 2.36. The predicted octanol–water partition coefficient (Wildman–Crippen LogP) is 2.14. The van der Waals surface area contributed by atoms with Crippen LogP contribution in [0, 0.1) is 6.92 Å². The average molecular weight is 343 g/mol. The molecule has 1 aromatic heterocycles. The molecule has 0 bridgehead atoms. The van der Waals surface area contributed by atoms with Crippen LogP contribution in [0.4, 0.5) is 0 Å². The van der Waals surface area contributed by atoms with Crippen molar-refractivity contribution < 1.29 is 4.79 Å². The molecular weight excluding hydrogens is 322 g/mol. The zero-order chi connectivity index (χ0) is 16.7. The number of amidine groups is 1. The molecule has 24 heavy (non-hydrogen) atoms. The lowest BCUT2D eigenvalue weighted by molar-refractivity contribution is -0.127. The molecule has 1 amide bonds. The highest BCUT2D eigenvalue weighted by molar-refractivity contribution is 8.18. The maximum absolute atomic E-state index is 12.9. The fourth-order valence-corrected chi connectivity index (χ4v) is 4.69. The van der Waals surface area contributed by atoms with Crippen LogP contribution in [0.1, 0.15) is 37.2 Å². The lowest BCUT2D eigenvalue weighted by atomic mass is 9.93. The second-order valence-electron chi connectivity index (χ2n) is 6.43. The van der Waals surface area contributed by atoms with Gasteiger partial charge in [0.15, 0.2) is 5.17 Å². The fourth-order valence-electron chi connectivity index (χ4n) is 3.54. The maximum Gasteiger partial charge on any atom is 0.262 e. The largest absolute Gasteiger partial charge is 0.338 e. The number of thioether (sulfide) groups is 1. The molecule has 0 aromatic carbocycles. The van der Waals surface area contributed by atoms with E-state index in [1.54, 1.807) is 0 Å². The maximum atomic E-state index is 12.9. The van der Waals surface area contributed by atoms with E-state index in [9.17, 15) is 4.79 Å². The standard InChI is InChI=1S/C17H21N5OS/c1-11-15(24-17-19-7-10-22(11)17)16(23)21-8-4-13(5-9-21)14-3-6-18-12(2)20-14/h3,6,13H,4-5,7-10H2,1-2H3. The fraction of sp³-hybridized carbons (Fsp3) is 0.529. The first-order chi connectivity index (χ1) is 11.6. The van der Waals surface area contributed by atoms with Crippen molar-refractivity contribution in [1.82, 2.24) is 19.8 Å². The molecule has 7 heteroatoms. The Kier molecular flexibility index (Phi) is 4.04. The van der Waals surface area contributed by atoms with Crippen LogP contribution >= 0.6 is 11.8 Å². The van der Waals surface area contributed by atoms with Crippen molar-refractivity contribution >= 4 is 22.8 Å². The minimum absolute atomic E-state index is 0.159. The van der Waals surface area contributed by atoms with E-state index in [4.69, 9.17) is 0 Å². The molecule has 3 aliphatic heterocycles. The zero-order valence-electron chi connectivity index (χ0n) is 14.0. The molecule has 126 valence electrons. The summed E-state index contributed by atoms with van der Waals surface area (Å²) in [7, 11) is 0. The zero-order valence-corrected chi connectivity index (χ0v) is 14.8. The number of aryl methyl sites for hydroxylation is 1.